The van der Waals surface area contributed by atoms with Crippen LogP contribution >= 0.6 is 11.3 Å². The molecule has 0 spiro atoms. The van der Waals surface area contributed by atoms with Crippen LogP contribution in [0.15, 0.2) is 64.9 Å². The lowest BCUT2D eigenvalue weighted by Gasteiger charge is -2.26. The van der Waals surface area contributed by atoms with Crippen LogP contribution in [0.5, 0.6) is 0 Å². The number of carbonyl (C=O) groups excluding carboxylic acids is 1. The number of hydrogen-bond donors (Lipinski definition) is 1. The van der Waals surface area contributed by atoms with Crippen molar-refractivity contribution in [2.75, 3.05) is 11.9 Å². The number of benzene rings is 2. The molecule has 0 radical (unpaired) electrons. The number of nitrogens with zero attached hydrogens (tertiary/aromatic N) is 1. The fourth-order valence-electron chi connectivity index (χ4n) is 3.14. The van der Waals surface area contributed by atoms with Crippen LogP contribution in [0.25, 0.3) is 0 Å². The molecule has 0 unspecified atom stereocenters. The van der Waals surface area contributed by atoms with E-state index in [9.17, 15) is 17.6 Å². The number of hydrogen-bond acceptors (Lipinski definition) is 4. The van der Waals surface area contributed by atoms with E-state index in [1.54, 1.807) is 17.4 Å². The first-order valence-electron chi connectivity index (χ1n) is 8.66. The van der Waals surface area contributed by atoms with Crippen LogP contribution in [0.4, 0.5) is 10.1 Å². The highest BCUT2D eigenvalue weighted by Crippen LogP contribution is 2.28. The number of rotatable bonds is 4. The van der Waals surface area contributed by atoms with Gasteiger partial charge in [-0.2, -0.15) is 4.31 Å². The second-order valence-electron chi connectivity index (χ2n) is 6.45. The third-order valence-electron chi connectivity index (χ3n) is 4.59. The van der Waals surface area contributed by atoms with Gasteiger partial charge in [-0.15, -0.1) is 11.3 Å². The first kappa shape index (κ1) is 18.8. The molecule has 0 fully saturated rings. The van der Waals surface area contributed by atoms with Gasteiger partial charge in [0, 0.05) is 29.2 Å². The van der Waals surface area contributed by atoms with E-state index in [4.69, 9.17) is 0 Å². The zero-order valence-corrected chi connectivity index (χ0v) is 16.4. The summed E-state index contributed by atoms with van der Waals surface area (Å²) in [7, 11) is -3.72. The van der Waals surface area contributed by atoms with E-state index in [-0.39, 0.29) is 10.5 Å². The Morgan fingerprint density at radius 1 is 1.11 bits per heavy atom. The highest BCUT2D eigenvalue weighted by atomic mass is 32.2. The normalized spacial score (nSPS) is 14.5. The van der Waals surface area contributed by atoms with Gasteiger partial charge in [-0.1, -0.05) is 12.1 Å². The topological polar surface area (TPSA) is 66.5 Å². The monoisotopic (exact) mass is 416 g/mol. The molecule has 8 heteroatoms. The molecular formula is C20H17FN2O3S2. The number of nitrogens with one attached hydrogen (secondary N) is 1. The number of thiophene rings is 1. The molecule has 28 heavy (non-hydrogen) atoms. The van der Waals surface area contributed by atoms with E-state index in [0.29, 0.717) is 25.2 Å². The minimum Gasteiger partial charge on any atom is -0.322 e. The van der Waals surface area contributed by atoms with Gasteiger partial charge in [-0.05, 0) is 59.8 Å². The van der Waals surface area contributed by atoms with Crippen molar-refractivity contribution < 1.29 is 17.6 Å². The molecule has 1 aliphatic rings. The molecule has 144 valence electrons. The maximum Gasteiger partial charge on any atom is 0.255 e. The fraction of sp³-hybridized carbons (Fsp3) is 0.150. The van der Waals surface area contributed by atoms with Crippen molar-refractivity contribution in [1.29, 1.82) is 0 Å². The van der Waals surface area contributed by atoms with Crippen molar-refractivity contribution in [2.24, 2.45) is 0 Å². The number of anilines is 1. The predicted molar refractivity (Wildman–Crippen MR) is 106 cm³/mol. The molecule has 2 aromatic carbocycles. The van der Waals surface area contributed by atoms with E-state index < -0.39 is 21.7 Å². The third-order valence-corrected chi connectivity index (χ3v) is 7.45. The van der Waals surface area contributed by atoms with Gasteiger partial charge in [0.2, 0.25) is 10.0 Å². The van der Waals surface area contributed by atoms with Crippen molar-refractivity contribution in [3.05, 3.63) is 81.8 Å². The summed E-state index contributed by atoms with van der Waals surface area (Å²) in [5, 5.41) is 4.55. The Bertz CT molecular complexity index is 1140. The molecule has 3 aromatic rings. The minimum absolute atomic E-state index is 0.0677. The molecule has 2 heterocycles. The van der Waals surface area contributed by atoms with Gasteiger partial charge in [0.05, 0.1) is 4.90 Å². The minimum atomic E-state index is -3.72. The Hall–Kier alpha value is -2.55. The Morgan fingerprint density at radius 3 is 2.75 bits per heavy atom. The maximum absolute atomic E-state index is 13.3. The smallest absolute Gasteiger partial charge is 0.255 e. The molecule has 1 N–H and O–H groups in total. The van der Waals surface area contributed by atoms with Crippen LogP contribution in [-0.2, 0) is 23.0 Å². The first-order chi connectivity index (χ1) is 13.4. The average molecular weight is 416 g/mol. The zero-order valence-electron chi connectivity index (χ0n) is 14.8. The molecule has 0 aliphatic carbocycles. The van der Waals surface area contributed by atoms with E-state index in [2.05, 4.69) is 5.32 Å². The van der Waals surface area contributed by atoms with Gasteiger partial charge >= 0.3 is 0 Å². The molecule has 1 aromatic heterocycles. The molecule has 0 atom stereocenters. The molecule has 0 saturated carbocycles. The predicted octanol–water partition coefficient (Wildman–Crippen LogP) is 3.89. The van der Waals surface area contributed by atoms with Gasteiger partial charge in [0.1, 0.15) is 5.82 Å². The van der Waals surface area contributed by atoms with Crippen LogP contribution < -0.4 is 5.32 Å². The molecule has 4 rings (SSSR count). The fourth-order valence-corrected chi connectivity index (χ4v) is 5.50. The van der Waals surface area contributed by atoms with Crippen LogP contribution in [-0.4, -0.2) is 25.2 Å². The Morgan fingerprint density at radius 2 is 1.93 bits per heavy atom. The molecular weight excluding hydrogens is 399 g/mol. The van der Waals surface area contributed by atoms with E-state index in [1.165, 1.54) is 51.6 Å². The summed E-state index contributed by atoms with van der Waals surface area (Å²) >= 11 is 1.64. The summed E-state index contributed by atoms with van der Waals surface area (Å²) in [6.07, 6.45) is 0.686. The van der Waals surface area contributed by atoms with Crippen molar-refractivity contribution in [2.45, 2.75) is 17.9 Å². The summed E-state index contributed by atoms with van der Waals surface area (Å²) in [6.45, 7) is 0.746. The Balaban J connectivity index is 1.57. The second-order valence-corrected chi connectivity index (χ2v) is 9.39. The lowest BCUT2D eigenvalue weighted by atomic mass is 10.1. The maximum atomic E-state index is 13.3. The van der Waals surface area contributed by atoms with Crippen LogP contribution in [0.3, 0.4) is 0 Å². The summed E-state index contributed by atoms with van der Waals surface area (Å²) < 4.78 is 40.8. The van der Waals surface area contributed by atoms with Crippen molar-refractivity contribution in [3.8, 4) is 0 Å². The van der Waals surface area contributed by atoms with Crippen molar-refractivity contribution in [1.82, 2.24) is 4.31 Å². The third kappa shape index (κ3) is 3.71. The van der Waals surface area contributed by atoms with Gasteiger partial charge < -0.3 is 5.32 Å². The highest BCUT2D eigenvalue weighted by Gasteiger charge is 2.29. The lowest BCUT2D eigenvalue weighted by molar-refractivity contribution is 0.102. The van der Waals surface area contributed by atoms with Crippen molar-refractivity contribution in [3.63, 3.8) is 0 Å². The van der Waals surface area contributed by atoms with Crippen molar-refractivity contribution >= 4 is 33.0 Å². The summed E-state index contributed by atoms with van der Waals surface area (Å²) in [4.78, 5) is 13.8. The summed E-state index contributed by atoms with van der Waals surface area (Å²) in [5.41, 5.74) is 1.53. The van der Waals surface area contributed by atoms with Gasteiger partial charge in [0.25, 0.3) is 5.91 Å². The van der Waals surface area contributed by atoms with Gasteiger partial charge in [-0.25, -0.2) is 12.8 Å². The van der Waals surface area contributed by atoms with Crippen LogP contribution in [0, 0.1) is 5.82 Å². The zero-order chi connectivity index (χ0) is 19.7. The molecule has 1 amide bonds. The summed E-state index contributed by atoms with van der Waals surface area (Å²) in [5.74, 6) is -0.964. The van der Waals surface area contributed by atoms with E-state index >= 15 is 0 Å². The number of fused-ring (bicyclic) bond motifs is 1. The molecule has 1 aliphatic heterocycles. The molecule has 0 saturated heterocycles. The second kappa shape index (κ2) is 7.46. The standard InChI is InChI=1S/C20H17FN2O3S2/c21-16-4-2-5-17(12-16)22-20(24)14-3-1-6-18(11-14)28(25,26)23-9-7-19-15(13-23)8-10-27-19/h1-6,8,10-12H,7,9,13H2,(H,22,24). The Labute approximate surface area is 166 Å². The number of sulfonamides is 1. The number of halogens is 1. The van der Waals surface area contributed by atoms with E-state index in [0.717, 1.165) is 5.56 Å². The van der Waals surface area contributed by atoms with Crippen LogP contribution in [0.1, 0.15) is 20.8 Å². The lowest BCUT2D eigenvalue weighted by Crippen LogP contribution is -2.35. The summed E-state index contributed by atoms with van der Waals surface area (Å²) in [6, 6.07) is 13.4. The largest absolute Gasteiger partial charge is 0.322 e. The SMILES string of the molecule is O=C(Nc1cccc(F)c1)c1cccc(S(=O)(=O)N2CCc3sccc3C2)c1. The molecule has 0 bridgehead atoms. The van der Waals surface area contributed by atoms with E-state index in [1.807, 2.05) is 11.4 Å². The molecule has 5 nitrogen and oxygen atoms in total. The van der Waals surface area contributed by atoms with Crippen LogP contribution in [0.2, 0.25) is 0 Å². The number of carbonyl (C=O) groups is 1. The van der Waals surface area contributed by atoms with Gasteiger partial charge in [-0.3, -0.25) is 4.79 Å². The first-order valence-corrected chi connectivity index (χ1v) is 11.0. The Kier molecular flexibility index (Phi) is 5.01. The average Bonchev–Trinajstić information content (AvgIpc) is 3.16. The van der Waals surface area contributed by atoms with Gasteiger partial charge in [0.15, 0.2) is 0 Å². The number of amides is 1. The highest BCUT2D eigenvalue weighted by molar-refractivity contribution is 7.89. The quantitative estimate of drug-likeness (QED) is 0.702.